The summed E-state index contributed by atoms with van der Waals surface area (Å²) < 4.78 is 11.7. The molecule has 0 atom stereocenters. The van der Waals surface area contributed by atoms with E-state index in [1.807, 2.05) is 6.07 Å². The lowest BCUT2D eigenvalue weighted by atomic mass is 9.86. The smallest absolute Gasteiger partial charge is 0.184 e. The summed E-state index contributed by atoms with van der Waals surface area (Å²) in [6.07, 6.45) is -0.289. The van der Waals surface area contributed by atoms with Crippen LogP contribution in [0.3, 0.4) is 0 Å². The Bertz CT molecular complexity index is 450. The van der Waals surface area contributed by atoms with Crippen molar-refractivity contribution in [2.45, 2.75) is 51.2 Å². The first-order valence-corrected chi connectivity index (χ1v) is 7.20. The summed E-state index contributed by atoms with van der Waals surface area (Å²) in [5.41, 5.74) is 2.52. The average Bonchev–Trinajstić information content (AvgIpc) is 2.29. The molecule has 0 radical (unpaired) electrons. The predicted molar refractivity (Wildman–Crippen MR) is 80.8 cm³/mol. The zero-order valence-electron chi connectivity index (χ0n) is 12.5. The maximum atomic E-state index is 5.86. The molecule has 0 saturated carbocycles. The van der Waals surface area contributed by atoms with Crippen molar-refractivity contribution in [3.8, 4) is 0 Å². The fourth-order valence-corrected chi connectivity index (χ4v) is 2.33. The standard InChI is InChI=1S/C16H24O2S/c1-15(2,3)11-6-7-13(19)12(8-11)14-17-9-16(4,5)10-18-14/h6-8,14,19H,9-10H2,1-5H3. The van der Waals surface area contributed by atoms with Crippen LogP contribution in [-0.4, -0.2) is 13.2 Å². The number of rotatable bonds is 1. The van der Waals surface area contributed by atoms with E-state index in [0.717, 1.165) is 10.5 Å². The zero-order valence-corrected chi connectivity index (χ0v) is 13.4. The summed E-state index contributed by atoms with van der Waals surface area (Å²) in [4.78, 5) is 0.928. The van der Waals surface area contributed by atoms with Crippen LogP contribution in [0.1, 0.15) is 52.0 Å². The van der Waals surface area contributed by atoms with Gasteiger partial charge in [-0.2, -0.15) is 0 Å². The Morgan fingerprint density at radius 1 is 1.16 bits per heavy atom. The molecule has 0 unspecified atom stereocenters. The van der Waals surface area contributed by atoms with Gasteiger partial charge in [-0.15, -0.1) is 12.6 Å². The van der Waals surface area contributed by atoms with Gasteiger partial charge in [0.25, 0.3) is 0 Å². The van der Waals surface area contributed by atoms with E-state index in [2.05, 4.69) is 59.4 Å². The Morgan fingerprint density at radius 2 is 1.74 bits per heavy atom. The third kappa shape index (κ3) is 3.53. The summed E-state index contributed by atoms with van der Waals surface area (Å²) in [5, 5.41) is 0. The molecule has 1 heterocycles. The molecule has 2 nitrogen and oxygen atoms in total. The van der Waals surface area contributed by atoms with E-state index < -0.39 is 0 Å². The lowest BCUT2D eigenvalue weighted by molar-refractivity contribution is -0.227. The normalized spacial score (nSPS) is 20.5. The van der Waals surface area contributed by atoms with Crippen LogP contribution in [0.25, 0.3) is 0 Å². The van der Waals surface area contributed by atoms with Gasteiger partial charge in [0, 0.05) is 15.9 Å². The van der Waals surface area contributed by atoms with E-state index in [1.165, 1.54) is 5.56 Å². The van der Waals surface area contributed by atoms with E-state index in [4.69, 9.17) is 9.47 Å². The molecule has 2 rings (SSSR count). The third-order valence-corrected chi connectivity index (χ3v) is 3.81. The highest BCUT2D eigenvalue weighted by atomic mass is 32.1. The maximum Gasteiger partial charge on any atom is 0.184 e. The molecule has 0 bridgehead atoms. The van der Waals surface area contributed by atoms with Gasteiger partial charge in [-0.05, 0) is 23.1 Å². The Labute approximate surface area is 121 Å². The summed E-state index contributed by atoms with van der Waals surface area (Å²) in [7, 11) is 0. The molecule has 1 aromatic rings. The van der Waals surface area contributed by atoms with Crippen molar-refractivity contribution >= 4 is 12.6 Å². The van der Waals surface area contributed by atoms with E-state index in [-0.39, 0.29) is 17.1 Å². The first kappa shape index (κ1) is 14.9. The monoisotopic (exact) mass is 280 g/mol. The summed E-state index contributed by atoms with van der Waals surface area (Å²) in [6.45, 7) is 12.3. The van der Waals surface area contributed by atoms with Crippen molar-refractivity contribution in [3.05, 3.63) is 29.3 Å². The van der Waals surface area contributed by atoms with Crippen molar-refractivity contribution in [2.75, 3.05) is 13.2 Å². The van der Waals surface area contributed by atoms with E-state index >= 15 is 0 Å². The zero-order chi connectivity index (χ0) is 14.3. The molecule has 0 N–H and O–H groups in total. The fourth-order valence-electron chi connectivity index (χ4n) is 2.08. The number of benzene rings is 1. The minimum absolute atomic E-state index is 0.0922. The Hall–Kier alpha value is -0.510. The lowest BCUT2D eigenvalue weighted by Crippen LogP contribution is -2.34. The molecule has 1 saturated heterocycles. The molecule has 3 heteroatoms. The second kappa shape index (κ2) is 5.12. The minimum atomic E-state index is -0.289. The molecule has 0 aliphatic carbocycles. The number of ether oxygens (including phenoxy) is 2. The van der Waals surface area contributed by atoms with Gasteiger partial charge < -0.3 is 9.47 Å². The number of thiol groups is 1. The van der Waals surface area contributed by atoms with Crippen molar-refractivity contribution in [3.63, 3.8) is 0 Å². The Balaban J connectivity index is 2.25. The van der Waals surface area contributed by atoms with Crippen LogP contribution < -0.4 is 0 Å². The first-order chi connectivity index (χ1) is 8.69. The van der Waals surface area contributed by atoms with Crippen molar-refractivity contribution in [2.24, 2.45) is 5.41 Å². The average molecular weight is 280 g/mol. The molecular formula is C16H24O2S. The summed E-state index contributed by atoms with van der Waals surface area (Å²) >= 11 is 4.53. The third-order valence-electron chi connectivity index (χ3n) is 3.40. The largest absolute Gasteiger partial charge is 0.348 e. The van der Waals surface area contributed by atoms with Crippen LogP contribution in [-0.2, 0) is 14.9 Å². The first-order valence-electron chi connectivity index (χ1n) is 6.76. The van der Waals surface area contributed by atoms with Gasteiger partial charge in [0.15, 0.2) is 6.29 Å². The molecule has 0 amide bonds. The van der Waals surface area contributed by atoms with Crippen molar-refractivity contribution in [1.82, 2.24) is 0 Å². The maximum absolute atomic E-state index is 5.86. The van der Waals surface area contributed by atoms with Crippen LogP contribution in [0.4, 0.5) is 0 Å². The second-order valence-corrected chi connectivity index (χ2v) is 7.62. The van der Waals surface area contributed by atoms with E-state index in [1.54, 1.807) is 0 Å². The highest BCUT2D eigenvalue weighted by molar-refractivity contribution is 7.80. The van der Waals surface area contributed by atoms with Crippen LogP contribution in [0.5, 0.6) is 0 Å². The molecule has 19 heavy (non-hydrogen) atoms. The van der Waals surface area contributed by atoms with Crippen LogP contribution in [0, 0.1) is 5.41 Å². The van der Waals surface area contributed by atoms with E-state index in [0.29, 0.717) is 13.2 Å². The van der Waals surface area contributed by atoms with Crippen molar-refractivity contribution in [1.29, 1.82) is 0 Å². The molecule has 1 aliphatic heterocycles. The molecule has 1 fully saturated rings. The van der Waals surface area contributed by atoms with Gasteiger partial charge in [-0.1, -0.05) is 40.7 Å². The Kier molecular flexibility index (Phi) is 4.01. The molecule has 0 aromatic heterocycles. The van der Waals surface area contributed by atoms with Crippen LogP contribution in [0.15, 0.2) is 23.1 Å². The number of hydrogen-bond donors (Lipinski definition) is 1. The summed E-state index contributed by atoms with van der Waals surface area (Å²) in [5.74, 6) is 0. The fraction of sp³-hybridized carbons (Fsp3) is 0.625. The highest BCUT2D eigenvalue weighted by Gasteiger charge is 2.30. The van der Waals surface area contributed by atoms with Gasteiger partial charge in [-0.3, -0.25) is 0 Å². The van der Waals surface area contributed by atoms with Crippen LogP contribution in [0.2, 0.25) is 0 Å². The summed E-state index contributed by atoms with van der Waals surface area (Å²) in [6, 6.07) is 6.31. The van der Waals surface area contributed by atoms with Gasteiger partial charge in [0.2, 0.25) is 0 Å². The van der Waals surface area contributed by atoms with Crippen LogP contribution >= 0.6 is 12.6 Å². The quantitative estimate of drug-likeness (QED) is 0.771. The predicted octanol–water partition coefficient (Wildman–Crippen LogP) is 4.34. The van der Waals surface area contributed by atoms with Gasteiger partial charge in [0.1, 0.15) is 0 Å². The minimum Gasteiger partial charge on any atom is -0.348 e. The highest BCUT2D eigenvalue weighted by Crippen LogP contribution is 2.35. The van der Waals surface area contributed by atoms with Gasteiger partial charge in [-0.25, -0.2) is 0 Å². The molecule has 0 spiro atoms. The van der Waals surface area contributed by atoms with Crippen molar-refractivity contribution < 1.29 is 9.47 Å². The van der Waals surface area contributed by atoms with Gasteiger partial charge in [0.05, 0.1) is 13.2 Å². The molecule has 106 valence electrons. The SMILES string of the molecule is CC1(C)COC(c2cc(C(C)(C)C)ccc2S)OC1. The van der Waals surface area contributed by atoms with E-state index in [9.17, 15) is 0 Å². The molecule has 1 aromatic carbocycles. The second-order valence-electron chi connectivity index (χ2n) is 7.14. The Morgan fingerprint density at radius 3 is 2.26 bits per heavy atom. The number of hydrogen-bond acceptors (Lipinski definition) is 3. The van der Waals surface area contributed by atoms with Gasteiger partial charge >= 0.3 is 0 Å². The lowest BCUT2D eigenvalue weighted by Gasteiger charge is -2.35. The topological polar surface area (TPSA) is 18.5 Å². The molecule has 1 aliphatic rings. The molecular weight excluding hydrogens is 256 g/mol.